The molecular formula is C26H27FN4O2. The molecule has 2 fully saturated rings. The van der Waals surface area contributed by atoms with Gasteiger partial charge in [0.25, 0.3) is 5.91 Å². The summed E-state index contributed by atoms with van der Waals surface area (Å²) in [5.41, 5.74) is 3.50. The molecular weight excluding hydrogens is 419 g/mol. The number of nitrogens with zero attached hydrogens (tertiary/aromatic N) is 4. The monoisotopic (exact) mass is 446 g/mol. The molecule has 0 saturated carbocycles. The van der Waals surface area contributed by atoms with Gasteiger partial charge in [0.05, 0.1) is 13.2 Å². The first-order valence-corrected chi connectivity index (χ1v) is 11.4. The molecule has 3 heterocycles. The number of aryl methyl sites for hydroxylation is 1. The first-order chi connectivity index (χ1) is 16.0. The van der Waals surface area contributed by atoms with E-state index in [1.165, 1.54) is 12.1 Å². The number of hydrogen-bond donors (Lipinski definition) is 0. The summed E-state index contributed by atoms with van der Waals surface area (Å²) in [5.74, 6) is 1.17. The normalized spacial score (nSPS) is 21.8. The first-order valence-electron chi connectivity index (χ1n) is 11.4. The Hall–Kier alpha value is -3.48. The summed E-state index contributed by atoms with van der Waals surface area (Å²) in [7, 11) is 1.62. The van der Waals surface area contributed by atoms with Crippen molar-refractivity contribution in [3.8, 4) is 11.4 Å². The SMILES string of the molecule is COc1cc(/C=C2\CC[C@H]3CCC[C@@H](c4ccc(F)cc4)N3C2=O)ccc1-n1cnc(C)n1. The van der Waals surface area contributed by atoms with Gasteiger partial charge >= 0.3 is 0 Å². The van der Waals surface area contributed by atoms with Gasteiger partial charge < -0.3 is 9.64 Å². The van der Waals surface area contributed by atoms with Gasteiger partial charge in [0, 0.05) is 11.6 Å². The fraction of sp³-hybridized carbons (Fsp3) is 0.346. The van der Waals surface area contributed by atoms with Crippen LogP contribution in [0, 0.1) is 12.7 Å². The Morgan fingerprint density at radius 2 is 1.94 bits per heavy atom. The van der Waals surface area contributed by atoms with Crippen molar-refractivity contribution in [2.75, 3.05) is 7.11 Å². The molecule has 2 atom stereocenters. The van der Waals surface area contributed by atoms with E-state index in [9.17, 15) is 9.18 Å². The van der Waals surface area contributed by atoms with E-state index >= 15 is 0 Å². The number of carbonyl (C=O) groups is 1. The van der Waals surface area contributed by atoms with Crippen molar-refractivity contribution in [2.45, 2.75) is 51.1 Å². The molecule has 0 aliphatic carbocycles. The predicted octanol–water partition coefficient (Wildman–Crippen LogP) is 5.02. The van der Waals surface area contributed by atoms with E-state index in [4.69, 9.17) is 4.74 Å². The fourth-order valence-electron chi connectivity index (χ4n) is 5.05. The van der Waals surface area contributed by atoms with Gasteiger partial charge in [0.15, 0.2) is 0 Å². The summed E-state index contributed by atoms with van der Waals surface area (Å²) in [6.07, 6.45) is 8.33. The highest BCUT2D eigenvalue weighted by Gasteiger charge is 2.39. The lowest BCUT2D eigenvalue weighted by Gasteiger charge is -2.46. The summed E-state index contributed by atoms with van der Waals surface area (Å²) in [5, 5.41) is 4.36. The topological polar surface area (TPSA) is 60.2 Å². The smallest absolute Gasteiger partial charge is 0.250 e. The molecule has 170 valence electrons. The van der Waals surface area contributed by atoms with Crippen LogP contribution in [-0.4, -0.2) is 38.7 Å². The third kappa shape index (κ3) is 4.15. The zero-order valence-electron chi connectivity index (χ0n) is 18.9. The van der Waals surface area contributed by atoms with E-state index in [0.717, 1.165) is 54.5 Å². The molecule has 3 aromatic rings. The van der Waals surface area contributed by atoms with Crippen LogP contribution >= 0.6 is 0 Å². The predicted molar refractivity (Wildman–Crippen MR) is 123 cm³/mol. The van der Waals surface area contributed by atoms with Crippen LogP contribution < -0.4 is 4.74 Å². The zero-order chi connectivity index (χ0) is 22.9. The Morgan fingerprint density at radius 3 is 2.67 bits per heavy atom. The van der Waals surface area contributed by atoms with Crippen LogP contribution in [0.1, 0.15) is 55.1 Å². The maximum atomic E-state index is 13.6. The molecule has 2 saturated heterocycles. The second-order valence-electron chi connectivity index (χ2n) is 8.74. The van der Waals surface area contributed by atoms with Crippen LogP contribution in [0.25, 0.3) is 11.8 Å². The van der Waals surface area contributed by atoms with Crippen LogP contribution in [0.2, 0.25) is 0 Å². The summed E-state index contributed by atoms with van der Waals surface area (Å²) in [6.45, 7) is 1.84. The number of benzene rings is 2. The molecule has 33 heavy (non-hydrogen) atoms. The summed E-state index contributed by atoms with van der Waals surface area (Å²) < 4.78 is 20.7. The summed E-state index contributed by atoms with van der Waals surface area (Å²) in [4.78, 5) is 19.8. The molecule has 0 unspecified atom stereocenters. The van der Waals surface area contributed by atoms with Crippen LogP contribution in [0.3, 0.4) is 0 Å². The molecule has 2 aliphatic heterocycles. The molecule has 5 rings (SSSR count). The quantitative estimate of drug-likeness (QED) is 0.528. The molecule has 0 spiro atoms. The standard InChI is InChI=1S/C26H27FN4O2/c1-17-28-16-30(29-17)24-13-6-18(15-25(24)33-2)14-20-9-12-22-4-3-5-23(31(22)26(20)32)19-7-10-21(27)11-8-19/h6-8,10-11,13-16,22-23H,3-5,9,12H2,1-2H3/b20-14+/t22-,23+/m1/s1. The van der Waals surface area contributed by atoms with Crippen molar-refractivity contribution in [3.63, 3.8) is 0 Å². The lowest BCUT2D eigenvalue weighted by Crippen LogP contribution is -2.49. The number of rotatable bonds is 4. The number of halogens is 1. The van der Waals surface area contributed by atoms with E-state index in [1.54, 1.807) is 18.1 Å². The number of aromatic nitrogens is 3. The lowest BCUT2D eigenvalue weighted by molar-refractivity contribution is -0.136. The third-order valence-corrected chi connectivity index (χ3v) is 6.65. The highest BCUT2D eigenvalue weighted by atomic mass is 19.1. The number of fused-ring (bicyclic) bond motifs is 1. The van der Waals surface area contributed by atoms with Crippen LogP contribution in [0.4, 0.5) is 4.39 Å². The van der Waals surface area contributed by atoms with E-state index in [1.807, 2.05) is 48.2 Å². The number of methoxy groups -OCH3 is 1. The van der Waals surface area contributed by atoms with Crippen molar-refractivity contribution in [1.29, 1.82) is 0 Å². The maximum absolute atomic E-state index is 13.6. The Labute approximate surface area is 192 Å². The van der Waals surface area contributed by atoms with Crippen LogP contribution in [0.15, 0.2) is 54.4 Å². The third-order valence-electron chi connectivity index (χ3n) is 6.65. The van der Waals surface area contributed by atoms with Gasteiger partial charge in [-0.3, -0.25) is 4.79 Å². The molecule has 6 nitrogen and oxygen atoms in total. The second-order valence-corrected chi connectivity index (χ2v) is 8.74. The fourth-order valence-corrected chi connectivity index (χ4v) is 5.05. The number of hydrogen-bond acceptors (Lipinski definition) is 4. The van der Waals surface area contributed by atoms with E-state index in [2.05, 4.69) is 10.1 Å². The van der Waals surface area contributed by atoms with Gasteiger partial charge in [0.1, 0.15) is 29.4 Å². The molecule has 7 heteroatoms. The highest BCUT2D eigenvalue weighted by Crippen LogP contribution is 2.41. The van der Waals surface area contributed by atoms with Crippen molar-refractivity contribution in [3.05, 3.63) is 77.1 Å². The first kappa shape index (κ1) is 21.4. The average Bonchev–Trinajstić information content (AvgIpc) is 3.27. The van der Waals surface area contributed by atoms with E-state index in [0.29, 0.717) is 11.6 Å². The average molecular weight is 447 g/mol. The molecule has 0 N–H and O–H groups in total. The number of ether oxygens (including phenoxy) is 1. The number of carbonyl (C=O) groups excluding carboxylic acids is 1. The van der Waals surface area contributed by atoms with Gasteiger partial charge in [-0.15, -0.1) is 0 Å². The van der Waals surface area contributed by atoms with Gasteiger partial charge in [0.2, 0.25) is 0 Å². The van der Waals surface area contributed by atoms with Gasteiger partial charge in [-0.1, -0.05) is 18.2 Å². The second kappa shape index (κ2) is 8.81. The van der Waals surface area contributed by atoms with Gasteiger partial charge in [-0.05, 0) is 80.5 Å². The largest absolute Gasteiger partial charge is 0.494 e. The highest BCUT2D eigenvalue weighted by molar-refractivity contribution is 5.99. The van der Waals surface area contributed by atoms with Crippen LogP contribution in [0.5, 0.6) is 5.75 Å². The van der Waals surface area contributed by atoms with E-state index < -0.39 is 0 Å². The zero-order valence-corrected chi connectivity index (χ0v) is 18.9. The van der Waals surface area contributed by atoms with Gasteiger partial charge in [-0.2, -0.15) is 5.10 Å². The summed E-state index contributed by atoms with van der Waals surface area (Å²) in [6, 6.07) is 12.6. The number of piperidine rings is 2. The molecule has 2 aromatic carbocycles. The van der Waals surface area contributed by atoms with Crippen molar-refractivity contribution in [1.82, 2.24) is 19.7 Å². The van der Waals surface area contributed by atoms with Crippen LogP contribution in [-0.2, 0) is 4.79 Å². The molecule has 1 amide bonds. The Balaban J connectivity index is 1.44. The minimum atomic E-state index is -0.255. The minimum Gasteiger partial charge on any atom is -0.494 e. The summed E-state index contributed by atoms with van der Waals surface area (Å²) >= 11 is 0. The Bertz CT molecular complexity index is 1200. The minimum absolute atomic E-state index is 0.00647. The van der Waals surface area contributed by atoms with Gasteiger partial charge in [-0.25, -0.2) is 14.1 Å². The molecule has 0 radical (unpaired) electrons. The van der Waals surface area contributed by atoms with E-state index in [-0.39, 0.29) is 23.8 Å². The lowest BCUT2D eigenvalue weighted by atomic mass is 9.84. The van der Waals surface area contributed by atoms with Crippen molar-refractivity contribution < 1.29 is 13.9 Å². The van der Waals surface area contributed by atoms with Crippen molar-refractivity contribution in [2.24, 2.45) is 0 Å². The Morgan fingerprint density at radius 1 is 1.12 bits per heavy atom. The molecule has 1 aromatic heterocycles. The molecule has 2 aliphatic rings. The Kier molecular flexibility index (Phi) is 5.70. The maximum Gasteiger partial charge on any atom is 0.250 e. The number of amides is 1. The molecule has 0 bridgehead atoms. The van der Waals surface area contributed by atoms with Crippen molar-refractivity contribution >= 4 is 12.0 Å².